The highest BCUT2D eigenvalue weighted by molar-refractivity contribution is 5.70. The molecule has 0 aliphatic carbocycles. The van der Waals surface area contributed by atoms with E-state index in [2.05, 4.69) is 0 Å². The fourth-order valence-electron chi connectivity index (χ4n) is 1.49. The maximum atomic E-state index is 12.7. The summed E-state index contributed by atoms with van der Waals surface area (Å²) in [5.41, 5.74) is 8.33. The van der Waals surface area contributed by atoms with Crippen molar-refractivity contribution in [2.45, 2.75) is 0 Å². The van der Waals surface area contributed by atoms with Gasteiger partial charge in [-0.3, -0.25) is 0 Å². The van der Waals surface area contributed by atoms with Gasteiger partial charge in [-0.15, -0.1) is 0 Å². The normalized spacial score (nSPS) is 9.75. The molecule has 0 aliphatic heterocycles. The summed E-state index contributed by atoms with van der Waals surface area (Å²) in [6.07, 6.45) is 0. The summed E-state index contributed by atoms with van der Waals surface area (Å²) in [5, 5.41) is 8.74. The third-order valence-electron chi connectivity index (χ3n) is 2.35. The minimum atomic E-state index is -0.273. The Bertz CT molecular complexity index is 553. The molecule has 0 radical (unpaired) electrons. The Balaban J connectivity index is 2.46. The van der Waals surface area contributed by atoms with Gasteiger partial charge in [0.05, 0.1) is 11.3 Å². The highest BCUT2D eigenvalue weighted by Gasteiger charge is 2.02. The lowest BCUT2D eigenvalue weighted by molar-refractivity contribution is 0.628. The van der Waals surface area contributed by atoms with E-state index in [9.17, 15) is 4.39 Å². The average molecular weight is 212 g/mol. The van der Waals surface area contributed by atoms with Crippen molar-refractivity contribution in [1.82, 2.24) is 0 Å². The number of nitrogens with two attached hydrogens (primary N) is 1. The van der Waals surface area contributed by atoms with Crippen LogP contribution in [0.4, 0.5) is 10.1 Å². The van der Waals surface area contributed by atoms with Crippen LogP contribution in [0.5, 0.6) is 0 Å². The van der Waals surface area contributed by atoms with Crippen molar-refractivity contribution in [1.29, 1.82) is 5.26 Å². The molecule has 0 aliphatic rings. The first kappa shape index (κ1) is 10.2. The van der Waals surface area contributed by atoms with Crippen LogP contribution in [0.1, 0.15) is 5.56 Å². The summed E-state index contributed by atoms with van der Waals surface area (Å²) in [7, 11) is 0. The molecule has 2 rings (SSSR count). The second kappa shape index (κ2) is 4.03. The van der Waals surface area contributed by atoms with Gasteiger partial charge in [0.2, 0.25) is 0 Å². The van der Waals surface area contributed by atoms with Crippen LogP contribution in [-0.4, -0.2) is 0 Å². The average Bonchev–Trinajstić information content (AvgIpc) is 2.30. The standard InChI is InChI=1S/C13H9FN2/c14-12-5-3-9(4-6-12)10-1-2-11(8-15)13(16)7-10/h1-7H,16H2. The molecule has 2 N–H and O–H groups in total. The number of hydrogen-bond donors (Lipinski definition) is 1. The fourth-order valence-corrected chi connectivity index (χ4v) is 1.49. The van der Waals surface area contributed by atoms with Gasteiger partial charge in [-0.25, -0.2) is 4.39 Å². The topological polar surface area (TPSA) is 49.8 Å². The zero-order valence-corrected chi connectivity index (χ0v) is 8.44. The number of halogens is 1. The number of hydrogen-bond acceptors (Lipinski definition) is 2. The Labute approximate surface area is 92.8 Å². The zero-order chi connectivity index (χ0) is 11.5. The number of benzene rings is 2. The maximum absolute atomic E-state index is 12.7. The largest absolute Gasteiger partial charge is 0.398 e. The molecule has 2 aromatic carbocycles. The SMILES string of the molecule is N#Cc1ccc(-c2ccc(F)cc2)cc1N. The molecule has 0 spiro atoms. The van der Waals surface area contributed by atoms with Gasteiger partial charge in [-0.1, -0.05) is 18.2 Å². The Morgan fingerprint density at radius 2 is 1.62 bits per heavy atom. The van der Waals surface area contributed by atoms with Crippen LogP contribution in [-0.2, 0) is 0 Å². The van der Waals surface area contributed by atoms with E-state index in [0.717, 1.165) is 11.1 Å². The van der Waals surface area contributed by atoms with Crippen molar-refractivity contribution >= 4 is 5.69 Å². The molecule has 2 nitrogen and oxygen atoms in total. The molecule has 0 heterocycles. The smallest absolute Gasteiger partial charge is 0.123 e. The van der Waals surface area contributed by atoms with Crippen molar-refractivity contribution in [2.75, 3.05) is 5.73 Å². The van der Waals surface area contributed by atoms with Gasteiger partial charge in [0.15, 0.2) is 0 Å². The van der Waals surface area contributed by atoms with Crippen LogP contribution in [0.3, 0.4) is 0 Å². The van der Waals surface area contributed by atoms with Gasteiger partial charge < -0.3 is 5.73 Å². The number of rotatable bonds is 1. The third kappa shape index (κ3) is 1.86. The molecule has 3 heteroatoms. The molecule has 0 aromatic heterocycles. The Hall–Kier alpha value is -2.34. The van der Waals surface area contributed by atoms with Crippen molar-refractivity contribution in [2.24, 2.45) is 0 Å². The second-order valence-corrected chi connectivity index (χ2v) is 3.42. The first-order valence-corrected chi connectivity index (χ1v) is 4.76. The predicted octanol–water partition coefficient (Wildman–Crippen LogP) is 2.95. The molecule has 0 amide bonds. The fraction of sp³-hybridized carbons (Fsp3) is 0. The third-order valence-corrected chi connectivity index (χ3v) is 2.35. The van der Waals surface area contributed by atoms with E-state index in [1.54, 1.807) is 30.3 Å². The van der Waals surface area contributed by atoms with Crippen LogP contribution in [0.15, 0.2) is 42.5 Å². The van der Waals surface area contributed by atoms with Crippen LogP contribution in [0.25, 0.3) is 11.1 Å². The van der Waals surface area contributed by atoms with Gasteiger partial charge in [-0.05, 0) is 35.4 Å². The summed E-state index contributed by atoms with van der Waals surface area (Å²) in [6.45, 7) is 0. The van der Waals surface area contributed by atoms with Crippen LogP contribution in [0.2, 0.25) is 0 Å². The molecule has 16 heavy (non-hydrogen) atoms. The minimum absolute atomic E-state index is 0.273. The van der Waals surface area contributed by atoms with E-state index in [1.807, 2.05) is 6.07 Å². The number of nitriles is 1. The Kier molecular flexibility index (Phi) is 2.57. The summed E-state index contributed by atoms with van der Waals surface area (Å²) in [6, 6.07) is 13.3. The number of nitrogen functional groups attached to an aromatic ring is 1. The second-order valence-electron chi connectivity index (χ2n) is 3.42. The number of nitrogens with zero attached hydrogens (tertiary/aromatic N) is 1. The van der Waals surface area contributed by atoms with E-state index in [4.69, 9.17) is 11.0 Å². The minimum Gasteiger partial charge on any atom is -0.398 e. The quantitative estimate of drug-likeness (QED) is 0.739. The van der Waals surface area contributed by atoms with Crippen LogP contribution < -0.4 is 5.73 Å². The van der Waals surface area contributed by atoms with E-state index >= 15 is 0 Å². The highest BCUT2D eigenvalue weighted by Crippen LogP contribution is 2.23. The molecule has 78 valence electrons. The van der Waals surface area contributed by atoms with Crippen molar-refractivity contribution in [3.05, 3.63) is 53.8 Å². The Morgan fingerprint density at radius 3 is 2.19 bits per heavy atom. The molecule has 0 unspecified atom stereocenters. The van der Waals surface area contributed by atoms with Crippen LogP contribution >= 0.6 is 0 Å². The van der Waals surface area contributed by atoms with Crippen molar-refractivity contribution in [3.63, 3.8) is 0 Å². The van der Waals surface area contributed by atoms with Gasteiger partial charge in [0.1, 0.15) is 11.9 Å². The predicted molar refractivity (Wildman–Crippen MR) is 61.0 cm³/mol. The van der Waals surface area contributed by atoms with E-state index < -0.39 is 0 Å². The molecule has 2 aromatic rings. The Morgan fingerprint density at radius 1 is 1.00 bits per heavy atom. The summed E-state index contributed by atoms with van der Waals surface area (Å²) < 4.78 is 12.7. The lowest BCUT2D eigenvalue weighted by Gasteiger charge is -2.04. The number of anilines is 1. The maximum Gasteiger partial charge on any atom is 0.123 e. The summed E-state index contributed by atoms with van der Waals surface area (Å²) >= 11 is 0. The highest BCUT2D eigenvalue weighted by atomic mass is 19.1. The van der Waals surface area contributed by atoms with Gasteiger partial charge >= 0.3 is 0 Å². The summed E-state index contributed by atoms with van der Waals surface area (Å²) in [5.74, 6) is -0.273. The van der Waals surface area contributed by atoms with E-state index in [0.29, 0.717) is 11.3 Å². The molecular weight excluding hydrogens is 203 g/mol. The van der Waals surface area contributed by atoms with Gasteiger partial charge in [0, 0.05) is 0 Å². The lowest BCUT2D eigenvalue weighted by atomic mass is 10.0. The monoisotopic (exact) mass is 212 g/mol. The molecular formula is C13H9FN2. The molecule has 0 fully saturated rings. The lowest BCUT2D eigenvalue weighted by Crippen LogP contribution is -1.90. The van der Waals surface area contributed by atoms with E-state index in [1.165, 1.54) is 12.1 Å². The first-order valence-electron chi connectivity index (χ1n) is 4.76. The molecule has 0 bridgehead atoms. The van der Waals surface area contributed by atoms with Crippen molar-refractivity contribution < 1.29 is 4.39 Å². The van der Waals surface area contributed by atoms with Crippen molar-refractivity contribution in [3.8, 4) is 17.2 Å². The zero-order valence-electron chi connectivity index (χ0n) is 8.44. The molecule has 0 saturated heterocycles. The van der Waals surface area contributed by atoms with Crippen LogP contribution in [0, 0.1) is 17.1 Å². The van der Waals surface area contributed by atoms with Gasteiger partial charge in [0.25, 0.3) is 0 Å². The summed E-state index contributed by atoms with van der Waals surface area (Å²) in [4.78, 5) is 0. The first-order chi connectivity index (χ1) is 7.70. The van der Waals surface area contributed by atoms with E-state index in [-0.39, 0.29) is 5.82 Å². The van der Waals surface area contributed by atoms with Gasteiger partial charge in [-0.2, -0.15) is 5.26 Å². The molecule has 0 saturated carbocycles. The molecule has 0 atom stereocenters.